The van der Waals surface area contributed by atoms with E-state index < -0.39 is 10.0 Å². The Bertz CT molecular complexity index is 1840. The predicted molar refractivity (Wildman–Crippen MR) is 163 cm³/mol. The van der Waals surface area contributed by atoms with Crippen molar-refractivity contribution in [1.82, 2.24) is 0 Å². The molecule has 5 rings (SSSR count). The molecule has 0 radical (unpaired) electrons. The molecule has 8 nitrogen and oxygen atoms in total. The highest BCUT2D eigenvalue weighted by Gasteiger charge is 2.24. The second kappa shape index (κ2) is 11.7. The number of sulfonamides is 1. The molecule has 0 aliphatic rings. The number of thiophene rings is 1. The number of ether oxygens (including phenoxy) is 3. The first-order chi connectivity index (χ1) is 19.7. The molecular weight excluding hydrogens is 584 g/mol. The van der Waals surface area contributed by atoms with E-state index in [1.165, 1.54) is 49.0 Å². The van der Waals surface area contributed by atoms with Crippen molar-refractivity contribution in [3.05, 3.63) is 101 Å². The number of fused-ring (bicyclic) bond motifs is 1. The monoisotopic (exact) mass is 608 g/mol. The maximum atomic E-state index is 13.4. The van der Waals surface area contributed by atoms with Crippen LogP contribution < -0.4 is 23.8 Å². The topological polar surface area (TPSA) is 94.2 Å². The number of halogens is 1. The first-order valence-electron chi connectivity index (χ1n) is 12.3. The molecule has 0 spiro atoms. The summed E-state index contributed by atoms with van der Waals surface area (Å²) in [6.07, 6.45) is 0. The van der Waals surface area contributed by atoms with Crippen LogP contribution in [0, 0.1) is 0 Å². The van der Waals surface area contributed by atoms with Crippen LogP contribution in [0.1, 0.15) is 9.67 Å². The SMILES string of the molecule is COc1ccc(S(=O)(=O)N(C)c2ccc3sc(C(=O)Nc4cc(Cl)ccc4Oc4ccccc4)cc3c2)cc1OC. The number of anilines is 2. The van der Waals surface area contributed by atoms with Crippen LogP contribution in [0.15, 0.2) is 95.9 Å². The lowest BCUT2D eigenvalue weighted by Crippen LogP contribution is -2.26. The Morgan fingerprint density at radius 2 is 1.59 bits per heavy atom. The zero-order valence-corrected chi connectivity index (χ0v) is 24.6. The van der Waals surface area contributed by atoms with E-state index in [9.17, 15) is 13.2 Å². The summed E-state index contributed by atoms with van der Waals surface area (Å²) in [6.45, 7) is 0. The summed E-state index contributed by atoms with van der Waals surface area (Å²) in [7, 11) is 0.491. The molecule has 1 aromatic heterocycles. The Hall–Kier alpha value is -4.25. The zero-order valence-electron chi connectivity index (χ0n) is 22.3. The number of carbonyl (C=O) groups is 1. The summed E-state index contributed by atoms with van der Waals surface area (Å²) in [5.74, 6) is 1.45. The molecule has 0 aliphatic carbocycles. The van der Waals surface area contributed by atoms with Crippen molar-refractivity contribution < 1.29 is 27.4 Å². The van der Waals surface area contributed by atoms with E-state index >= 15 is 0 Å². The zero-order chi connectivity index (χ0) is 29.1. The van der Waals surface area contributed by atoms with E-state index in [0.717, 1.165) is 10.1 Å². The molecule has 5 aromatic rings. The number of hydrogen-bond donors (Lipinski definition) is 1. The van der Waals surface area contributed by atoms with Crippen LogP contribution in [-0.4, -0.2) is 35.6 Å². The molecule has 210 valence electrons. The van der Waals surface area contributed by atoms with E-state index in [0.29, 0.717) is 44.3 Å². The van der Waals surface area contributed by atoms with Crippen molar-refractivity contribution in [1.29, 1.82) is 0 Å². The van der Waals surface area contributed by atoms with Crippen molar-refractivity contribution in [3.8, 4) is 23.0 Å². The molecule has 11 heteroatoms. The first-order valence-corrected chi connectivity index (χ1v) is 14.9. The van der Waals surface area contributed by atoms with Gasteiger partial charge in [-0.1, -0.05) is 29.8 Å². The fourth-order valence-corrected chi connectivity index (χ4v) is 6.41. The van der Waals surface area contributed by atoms with Gasteiger partial charge in [-0.2, -0.15) is 0 Å². The fraction of sp³-hybridized carbons (Fsp3) is 0.100. The minimum absolute atomic E-state index is 0.0539. The average molecular weight is 609 g/mol. The highest BCUT2D eigenvalue weighted by atomic mass is 35.5. The van der Waals surface area contributed by atoms with E-state index in [2.05, 4.69) is 5.32 Å². The van der Waals surface area contributed by atoms with Gasteiger partial charge >= 0.3 is 0 Å². The maximum absolute atomic E-state index is 13.4. The van der Waals surface area contributed by atoms with Gasteiger partial charge in [0.2, 0.25) is 0 Å². The fourth-order valence-electron chi connectivity index (χ4n) is 4.10. The Morgan fingerprint density at radius 1 is 0.854 bits per heavy atom. The van der Waals surface area contributed by atoms with Crippen LogP contribution in [-0.2, 0) is 10.0 Å². The van der Waals surface area contributed by atoms with Crippen LogP contribution in [0.3, 0.4) is 0 Å². The summed E-state index contributed by atoms with van der Waals surface area (Å²) in [5.41, 5.74) is 0.857. The van der Waals surface area contributed by atoms with Crippen LogP contribution >= 0.6 is 22.9 Å². The van der Waals surface area contributed by atoms with Gasteiger partial charge < -0.3 is 19.5 Å². The molecular formula is C30H25ClN2O6S2. The van der Waals surface area contributed by atoms with Crippen LogP contribution in [0.5, 0.6) is 23.0 Å². The molecule has 1 heterocycles. The van der Waals surface area contributed by atoms with Crippen LogP contribution in [0.4, 0.5) is 11.4 Å². The second-order valence-electron chi connectivity index (χ2n) is 8.83. The van der Waals surface area contributed by atoms with E-state index in [1.807, 2.05) is 30.3 Å². The minimum atomic E-state index is -3.91. The summed E-state index contributed by atoms with van der Waals surface area (Å²) in [4.78, 5) is 13.7. The largest absolute Gasteiger partial charge is 0.493 e. The van der Waals surface area contributed by atoms with Crippen LogP contribution in [0.25, 0.3) is 10.1 Å². The third-order valence-corrected chi connectivity index (χ3v) is 9.39. The summed E-state index contributed by atoms with van der Waals surface area (Å²) in [5, 5.41) is 4.05. The standard InChI is InChI=1S/C30H25ClN2O6S2/c1-33(41(35,36)23-11-13-26(37-2)27(18-23)38-3)21-10-14-28-19(15-21)16-29(40-28)30(34)32-24-17-20(31)9-12-25(24)39-22-7-5-4-6-8-22/h4-18H,1-3H3,(H,32,34). The quantitative estimate of drug-likeness (QED) is 0.187. The highest BCUT2D eigenvalue weighted by molar-refractivity contribution is 7.92. The third-order valence-electron chi connectivity index (χ3n) is 6.26. The first kappa shape index (κ1) is 28.3. The summed E-state index contributed by atoms with van der Waals surface area (Å²) >= 11 is 7.49. The molecule has 0 fully saturated rings. The minimum Gasteiger partial charge on any atom is -0.493 e. The lowest BCUT2D eigenvalue weighted by molar-refractivity contribution is 0.103. The highest BCUT2D eigenvalue weighted by Crippen LogP contribution is 2.36. The van der Waals surface area contributed by atoms with E-state index in [-0.39, 0.29) is 10.8 Å². The number of rotatable bonds is 9. The Labute approximate surface area is 246 Å². The van der Waals surface area contributed by atoms with Gasteiger partial charge in [0.05, 0.1) is 35.4 Å². The van der Waals surface area contributed by atoms with E-state index in [4.69, 9.17) is 25.8 Å². The number of benzene rings is 4. The molecule has 1 N–H and O–H groups in total. The predicted octanol–water partition coefficient (Wildman–Crippen LogP) is 7.44. The number of carbonyl (C=O) groups excluding carboxylic acids is 1. The molecule has 0 atom stereocenters. The number of nitrogens with zero attached hydrogens (tertiary/aromatic N) is 1. The molecule has 0 bridgehead atoms. The molecule has 0 saturated carbocycles. The van der Waals surface area contributed by atoms with Crippen molar-refractivity contribution in [2.75, 3.05) is 30.9 Å². The molecule has 1 amide bonds. The molecule has 41 heavy (non-hydrogen) atoms. The van der Waals surface area contributed by atoms with Gasteiger partial charge in [0, 0.05) is 22.8 Å². The van der Waals surface area contributed by atoms with Gasteiger partial charge in [-0.3, -0.25) is 9.10 Å². The smallest absolute Gasteiger partial charge is 0.265 e. The number of amides is 1. The van der Waals surface area contributed by atoms with Crippen molar-refractivity contribution in [2.45, 2.75) is 4.90 Å². The lowest BCUT2D eigenvalue weighted by atomic mass is 10.2. The average Bonchev–Trinajstić information content (AvgIpc) is 3.42. The second-order valence-corrected chi connectivity index (χ2v) is 12.3. The molecule has 0 saturated heterocycles. The Morgan fingerprint density at radius 3 is 2.32 bits per heavy atom. The molecule has 0 aliphatic heterocycles. The number of hydrogen-bond acceptors (Lipinski definition) is 7. The van der Waals surface area contributed by atoms with Gasteiger partial charge in [0.15, 0.2) is 17.2 Å². The molecule has 4 aromatic carbocycles. The van der Waals surface area contributed by atoms with Crippen molar-refractivity contribution in [2.24, 2.45) is 0 Å². The lowest BCUT2D eigenvalue weighted by Gasteiger charge is -2.20. The van der Waals surface area contributed by atoms with Crippen molar-refractivity contribution >= 4 is 60.3 Å². The number of para-hydroxylation sites is 1. The van der Waals surface area contributed by atoms with Crippen LogP contribution in [0.2, 0.25) is 5.02 Å². The molecule has 0 unspecified atom stereocenters. The summed E-state index contributed by atoms with van der Waals surface area (Å²) in [6, 6.07) is 25.6. The van der Waals surface area contributed by atoms with Gasteiger partial charge in [0.1, 0.15) is 5.75 Å². The normalized spacial score (nSPS) is 11.2. The van der Waals surface area contributed by atoms with Gasteiger partial charge in [0.25, 0.3) is 15.9 Å². The van der Waals surface area contributed by atoms with Gasteiger partial charge in [-0.25, -0.2) is 8.42 Å². The van der Waals surface area contributed by atoms with E-state index in [1.54, 1.807) is 48.5 Å². The van der Waals surface area contributed by atoms with Gasteiger partial charge in [-0.15, -0.1) is 11.3 Å². The number of methoxy groups -OCH3 is 2. The summed E-state index contributed by atoms with van der Waals surface area (Å²) < 4.78 is 45.2. The van der Waals surface area contributed by atoms with Crippen molar-refractivity contribution in [3.63, 3.8) is 0 Å². The van der Waals surface area contributed by atoms with Gasteiger partial charge in [-0.05, 0) is 72.1 Å². The maximum Gasteiger partial charge on any atom is 0.265 e. The third kappa shape index (κ3) is 5.95. The Balaban J connectivity index is 1.39. The number of nitrogens with one attached hydrogen (secondary N) is 1. The Kier molecular flexibility index (Phi) is 8.07.